The van der Waals surface area contributed by atoms with Crippen molar-refractivity contribution in [3.63, 3.8) is 0 Å². The van der Waals surface area contributed by atoms with Crippen LogP contribution in [0.25, 0.3) is 207 Å². The SMILES string of the molecule is CC1(C)c2ccccc2-c2cc3c(ccc4ccc5cc(-c6nc(-c7cccc(-c8ccccc8)c7)c7ccccc7n6)ccc5c43)cc21.c1ccc2cc(-c3nc(-c4ccc5c(ccc6ccc7cc8oc9ccccc9c8cc7c65)c4)nc(-c4cccc5sc6ccccc6c45)n3)ccc2c1. The molecule has 0 atom stereocenters. The molecule has 0 saturated carbocycles. The van der Waals surface area contributed by atoms with Gasteiger partial charge in [-0.3, -0.25) is 0 Å². The Hall–Kier alpha value is -13.1. The first-order valence-corrected chi connectivity index (χ1v) is 35.9. The van der Waals surface area contributed by atoms with E-state index in [2.05, 4.69) is 323 Å². The van der Waals surface area contributed by atoms with E-state index >= 15 is 0 Å². The molecule has 0 aliphatic heterocycles. The summed E-state index contributed by atoms with van der Waals surface area (Å²) >= 11 is 1.80. The van der Waals surface area contributed by atoms with Gasteiger partial charge in [0, 0.05) is 69.6 Å². The molecule has 0 N–H and O–H groups in total. The first-order chi connectivity index (χ1) is 50.7. The average molecular weight is 1330 g/mol. The van der Waals surface area contributed by atoms with E-state index in [0.717, 1.165) is 88.3 Å². The maximum absolute atomic E-state index is 6.25. The second-order valence-corrected chi connectivity index (χ2v) is 28.9. The number of aromatic nitrogens is 5. The molecule has 0 unspecified atom stereocenters. The number of thiophene rings is 1. The molecule has 6 nitrogen and oxygen atoms in total. The van der Waals surface area contributed by atoms with Crippen LogP contribution in [0.1, 0.15) is 25.0 Å². The van der Waals surface area contributed by atoms with E-state index in [1.165, 1.54) is 113 Å². The monoisotopic (exact) mass is 1330 g/mol. The second-order valence-electron chi connectivity index (χ2n) is 27.8. The van der Waals surface area contributed by atoms with Crippen LogP contribution >= 0.6 is 11.3 Å². The van der Waals surface area contributed by atoms with Crippen LogP contribution in [-0.2, 0) is 5.41 Å². The van der Waals surface area contributed by atoms with E-state index in [1.807, 2.05) is 12.1 Å². The summed E-state index contributed by atoms with van der Waals surface area (Å²) in [6.07, 6.45) is 0. The van der Waals surface area contributed by atoms with Crippen molar-refractivity contribution in [3.05, 3.63) is 333 Å². The fraction of sp³-hybridized carbons (Fsp3) is 0.0312. The number of fused-ring (bicyclic) bond motifs is 21. The fourth-order valence-electron chi connectivity index (χ4n) is 16.4. The van der Waals surface area contributed by atoms with Crippen molar-refractivity contribution < 1.29 is 4.42 Å². The molecule has 0 spiro atoms. The van der Waals surface area contributed by atoms with Crippen LogP contribution in [0, 0.1) is 0 Å². The minimum atomic E-state index is -0.0235. The molecular weight excluding hydrogens is 1270 g/mol. The summed E-state index contributed by atoms with van der Waals surface area (Å²) in [4.78, 5) is 26.0. The third-order valence-electron chi connectivity index (χ3n) is 21.5. The van der Waals surface area contributed by atoms with Crippen molar-refractivity contribution >= 4 is 140 Å². The van der Waals surface area contributed by atoms with Crippen molar-refractivity contribution in [1.82, 2.24) is 24.9 Å². The van der Waals surface area contributed by atoms with Gasteiger partial charge in [0.1, 0.15) is 11.2 Å². The highest BCUT2D eigenvalue weighted by molar-refractivity contribution is 7.26. The number of hydrogen-bond donors (Lipinski definition) is 0. The second kappa shape index (κ2) is 23.0. The van der Waals surface area contributed by atoms with Gasteiger partial charge in [-0.15, -0.1) is 11.3 Å². The lowest BCUT2D eigenvalue weighted by molar-refractivity contribution is 0.661. The number of para-hydroxylation sites is 2. The molecule has 22 rings (SSSR count). The summed E-state index contributed by atoms with van der Waals surface area (Å²) in [5.74, 6) is 2.69. The van der Waals surface area contributed by atoms with Crippen LogP contribution in [0.15, 0.2) is 326 Å². The maximum atomic E-state index is 6.25. The zero-order chi connectivity index (χ0) is 68.0. The number of furan rings is 1. The molecule has 1 aliphatic carbocycles. The normalized spacial score (nSPS) is 12.6. The van der Waals surface area contributed by atoms with E-state index in [-0.39, 0.29) is 5.41 Å². The van der Waals surface area contributed by atoms with E-state index in [9.17, 15) is 0 Å². The third-order valence-corrected chi connectivity index (χ3v) is 22.6. The number of benzene rings is 17. The van der Waals surface area contributed by atoms with E-state index in [0.29, 0.717) is 17.5 Å². The van der Waals surface area contributed by atoms with Gasteiger partial charge >= 0.3 is 0 Å². The van der Waals surface area contributed by atoms with E-state index < -0.39 is 0 Å². The Morgan fingerprint density at radius 3 is 1.55 bits per heavy atom. The maximum Gasteiger partial charge on any atom is 0.164 e. The van der Waals surface area contributed by atoms with Gasteiger partial charge in [-0.05, 0) is 182 Å². The molecular formula is C96H59N5OS. The molecule has 7 heteroatoms. The third kappa shape index (κ3) is 9.57. The Morgan fingerprint density at radius 1 is 0.252 bits per heavy atom. The summed E-state index contributed by atoms with van der Waals surface area (Å²) in [6.45, 7) is 4.70. The van der Waals surface area contributed by atoms with Crippen LogP contribution < -0.4 is 0 Å². The molecule has 17 aromatic carbocycles. The summed E-state index contributed by atoms with van der Waals surface area (Å²) in [6, 6.07) is 115. The molecule has 1 aliphatic rings. The molecule has 0 fully saturated rings. The van der Waals surface area contributed by atoms with Crippen LogP contribution in [0.4, 0.5) is 0 Å². The van der Waals surface area contributed by atoms with E-state index in [4.69, 9.17) is 29.3 Å². The molecule has 4 heterocycles. The molecule has 4 aromatic heterocycles. The number of hydrogen-bond acceptors (Lipinski definition) is 7. The van der Waals surface area contributed by atoms with Crippen LogP contribution in [0.2, 0.25) is 0 Å². The fourth-order valence-corrected chi connectivity index (χ4v) is 17.5. The van der Waals surface area contributed by atoms with Gasteiger partial charge in [0.05, 0.1) is 11.2 Å². The first-order valence-electron chi connectivity index (χ1n) is 35.1. The molecule has 0 saturated heterocycles. The largest absolute Gasteiger partial charge is 0.456 e. The standard InChI is InChI=1S/C49H27N3OS.C47H32N2/c1-2-9-30-24-33(21-16-28(30)8-1)47-50-48(52-49(51-47)38-12-7-15-44-46(38)37-11-4-6-14-43(37)54-44)34-22-23-35-31(25-34)19-17-29-18-20-32-26-42-40(27-39(32)45(29)35)36-10-3-5-13-41(36)53-42;1-47(2)41-17-8-6-15-37(41)40-28-39-33(27-42(40)47)22-20-30-19-21-32-26-35(23-24-36(32)44(30)39)46-48-43-18-9-7-16-38(43)45(49-46)34-14-10-13-31(25-34)29-11-4-3-5-12-29/h1-27H;3-28H,1-2H3. The topological polar surface area (TPSA) is 77.6 Å². The van der Waals surface area contributed by atoms with Gasteiger partial charge in [-0.2, -0.15) is 0 Å². The van der Waals surface area contributed by atoms with Gasteiger partial charge in [0.2, 0.25) is 0 Å². The lowest BCUT2D eigenvalue weighted by Crippen LogP contribution is -2.14. The predicted molar refractivity (Wildman–Crippen MR) is 432 cm³/mol. The summed E-state index contributed by atoms with van der Waals surface area (Å²) < 4.78 is 8.72. The lowest BCUT2D eigenvalue weighted by atomic mass is 9.81. The molecule has 0 amide bonds. The Bertz CT molecular complexity index is 7170. The molecule has 480 valence electrons. The average Bonchev–Trinajstić information content (AvgIpc) is 1.63. The van der Waals surface area contributed by atoms with Gasteiger partial charge < -0.3 is 4.42 Å². The van der Waals surface area contributed by atoms with Crippen LogP contribution in [0.5, 0.6) is 0 Å². The highest BCUT2D eigenvalue weighted by atomic mass is 32.1. The van der Waals surface area contributed by atoms with Crippen molar-refractivity contribution in [2.75, 3.05) is 0 Å². The quantitative estimate of drug-likeness (QED) is 0.154. The van der Waals surface area contributed by atoms with Crippen molar-refractivity contribution in [2.24, 2.45) is 0 Å². The van der Waals surface area contributed by atoms with Crippen LogP contribution in [0.3, 0.4) is 0 Å². The Morgan fingerprint density at radius 2 is 0.786 bits per heavy atom. The Kier molecular flexibility index (Phi) is 13.1. The van der Waals surface area contributed by atoms with E-state index in [1.54, 1.807) is 11.3 Å². The molecule has 0 radical (unpaired) electrons. The zero-order valence-corrected chi connectivity index (χ0v) is 57.0. The van der Waals surface area contributed by atoms with Gasteiger partial charge in [0.25, 0.3) is 0 Å². The summed E-state index contributed by atoms with van der Waals surface area (Å²) in [5.41, 5.74) is 16.5. The minimum Gasteiger partial charge on any atom is -0.456 e. The first kappa shape index (κ1) is 58.9. The molecule has 21 aromatic rings. The lowest BCUT2D eigenvalue weighted by Gasteiger charge is -2.22. The Labute approximate surface area is 596 Å². The van der Waals surface area contributed by atoms with Crippen molar-refractivity contribution in [2.45, 2.75) is 19.3 Å². The summed E-state index contributed by atoms with van der Waals surface area (Å²) in [7, 11) is 0. The Balaban J connectivity index is 0.000000134. The van der Waals surface area contributed by atoms with Crippen LogP contribution in [-0.4, -0.2) is 24.9 Å². The van der Waals surface area contributed by atoms with Gasteiger partial charge in [-0.25, -0.2) is 24.9 Å². The van der Waals surface area contributed by atoms with Crippen molar-refractivity contribution in [3.8, 4) is 79.1 Å². The smallest absolute Gasteiger partial charge is 0.164 e. The molecule has 103 heavy (non-hydrogen) atoms. The highest BCUT2D eigenvalue weighted by Gasteiger charge is 2.35. The number of rotatable bonds is 6. The van der Waals surface area contributed by atoms with Crippen molar-refractivity contribution in [1.29, 1.82) is 0 Å². The highest BCUT2D eigenvalue weighted by Crippen LogP contribution is 2.51. The van der Waals surface area contributed by atoms with Gasteiger partial charge in [-0.1, -0.05) is 263 Å². The zero-order valence-electron chi connectivity index (χ0n) is 56.2. The summed E-state index contributed by atoms with van der Waals surface area (Å²) in [5, 5.41) is 22.7. The number of nitrogens with zero attached hydrogens (tertiary/aromatic N) is 5. The minimum absolute atomic E-state index is 0.0235. The molecule has 0 bridgehead atoms. The van der Waals surface area contributed by atoms with Gasteiger partial charge in [0.15, 0.2) is 23.3 Å². The predicted octanol–water partition coefficient (Wildman–Crippen LogP) is 26.1.